The quantitative estimate of drug-likeness (QED) is 0.512. The molecule has 11 heteroatoms. The Morgan fingerprint density at radius 1 is 1.09 bits per heavy atom. The smallest absolute Gasteiger partial charge is 0.322 e. The SMILES string of the molecule is CCCCN(C)S(=O)(=O)c1ccc(NC(=O)c2cnn(-c3ccccc3)c2C(F)(F)F)cc1. The van der Waals surface area contributed by atoms with Crippen molar-refractivity contribution < 1.29 is 26.4 Å². The second-order valence-corrected chi connectivity index (χ2v) is 9.36. The Morgan fingerprint density at radius 2 is 1.73 bits per heavy atom. The normalized spacial score (nSPS) is 12.2. The summed E-state index contributed by atoms with van der Waals surface area (Å²) < 4.78 is 68.4. The maximum Gasteiger partial charge on any atom is 0.434 e. The van der Waals surface area contributed by atoms with Crippen molar-refractivity contribution in [3.63, 3.8) is 0 Å². The molecule has 176 valence electrons. The van der Waals surface area contributed by atoms with Gasteiger partial charge in [0.2, 0.25) is 10.0 Å². The first kappa shape index (κ1) is 24.5. The molecule has 1 aromatic heterocycles. The number of para-hydroxylation sites is 1. The Labute approximate surface area is 189 Å². The van der Waals surface area contributed by atoms with Crippen molar-refractivity contribution in [3.8, 4) is 5.69 Å². The number of benzene rings is 2. The first-order valence-electron chi connectivity index (χ1n) is 10.1. The van der Waals surface area contributed by atoms with Crippen molar-refractivity contribution in [2.75, 3.05) is 18.9 Å². The van der Waals surface area contributed by atoms with Crippen LogP contribution < -0.4 is 5.32 Å². The predicted octanol–water partition coefficient (Wildman–Crippen LogP) is 4.56. The number of carbonyl (C=O) groups is 1. The van der Waals surface area contributed by atoms with Gasteiger partial charge in [-0.25, -0.2) is 17.4 Å². The van der Waals surface area contributed by atoms with Crippen LogP contribution >= 0.6 is 0 Å². The number of anilines is 1. The molecule has 3 rings (SSSR count). The maximum absolute atomic E-state index is 13.8. The van der Waals surface area contributed by atoms with Gasteiger partial charge in [0.05, 0.1) is 22.3 Å². The van der Waals surface area contributed by atoms with Crippen LogP contribution in [-0.2, 0) is 16.2 Å². The highest BCUT2D eigenvalue weighted by Crippen LogP contribution is 2.34. The van der Waals surface area contributed by atoms with Crippen LogP contribution in [0.1, 0.15) is 35.8 Å². The minimum absolute atomic E-state index is 0.0204. The molecule has 0 bridgehead atoms. The molecule has 0 aliphatic rings. The van der Waals surface area contributed by atoms with E-state index in [-0.39, 0.29) is 16.3 Å². The van der Waals surface area contributed by atoms with Gasteiger partial charge in [-0.15, -0.1) is 0 Å². The van der Waals surface area contributed by atoms with Crippen LogP contribution in [0.3, 0.4) is 0 Å². The molecule has 33 heavy (non-hydrogen) atoms. The third kappa shape index (κ3) is 5.42. The Bertz CT molecular complexity index is 1210. The molecule has 3 aromatic rings. The number of nitrogens with one attached hydrogen (secondary N) is 1. The fourth-order valence-corrected chi connectivity index (χ4v) is 4.35. The molecular weight excluding hydrogens is 457 g/mol. The zero-order valence-electron chi connectivity index (χ0n) is 18.0. The molecule has 0 saturated carbocycles. The first-order valence-corrected chi connectivity index (χ1v) is 11.6. The molecule has 2 aromatic carbocycles. The van der Waals surface area contributed by atoms with Crippen LogP contribution in [0, 0.1) is 0 Å². The molecule has 0 spiro atoms. The van der Waals surface area contributed by atoms with Crippen molar-refractivity contribution >= 4 is 21.6 Å². The zero-order chi connectivity index (χ0) is 24.2. The number of hydrogen-bond donors (Lipinski definition) is 1. The summed E-state index contributed by atoms with van der Waals surface area (Å²) >= 11 is 0. The monoisotopic (exact) mass is 480 g/mol. The van der Waals surface area contributed by atoms with Crippen LogP contribution in [0.4, 0.5) is 18.9 Å². The lowest BCUT2D eigenvalue weighted by Gasteiger charge is -2.17. The third-order valence-electron chi connectivity index (χ3n) is 4.93. The first-order chi connectivity index (χ1) is 15.6. The summed E-state index contributed by atoms with van der Waals surface area (Å²) in [7, 11) is -2.23. The summed E-state index contributed by atoms with van der Waals surface area (Å²) in [6.07, 6.45) is -2.43. The average Bonchev–Trinajstić information content (AvgIpc) is 3.24. The summed E-state index contributed by atoms with van der Waals surface area (Å²) in [5.74, 6) is -1.01. The summed E-state index contributed by atoms with van der Waals surface area (Å²) in [4.78, 5) is 12.7. The number of rotatable bonds is 8. The largest absolute Gasteiger partial charge is 0.434 e. The second-order valence-electron chi connectivity index (χ2n) is 7.31. The van der Waals surface area contributed by atoms with Gasteiger partial charge in [0.15, 0.2) is 5.69 Å². The van der Waals surface area contributed by atoms with E-state index in [9.17, 15) is 26.4 Å². The lowest BCUT2D eigenvalue weighted by atomic mass is 10.2. The molecule has 0 atom stereocenters. The minimum Gasteiger partial charge on any atom is -0.322 e. The van der Waals surface area contributed by atoms with Gasteiger partial charge in [-0.3, -0.25) is 4.79 Å². The number of sulfonamides is 1. The number of nitrogens with zero attached hydrogens (tertiary/aromatic N) is 3. The third-order valence-corrected chi connectivity index (χ3v) is 6.80. The van der Waals surface area contributed by atoms with Crippen molar-refractivity contribution in [2.45, 2.75) is 30.8 Å². The number of halogens is 3. The van der Waals surface area contributed by atoms with Gasteiger partial charge in [-0.2, -0.15) is 18.3 Å². The van der Waals surface area contributed by atoms with E-state index < -0.39 is 33.4 Å². The van der Waals surface area contributed by atoms with Gasteiger partial charge in [0, 0.05) is 19.3 Å². The van der Waals surface area contributed by atoms with E-state index in [2.05, 4.69) is 10.4 Å². The number of hydrogen-bond acceptors (Lipinski definition) is 4. The van der Waals surface area contributed by atoms with E-state index in [1.807, 2.05) is 6.92 Å². The molecular formula is C22H23F3N4O3S. The second kappa shape index (κ2) is 9.75. The molecule has 0 radical (unpaired) electrons. The van der Waals surface area contributed by atoms with Gasteiger partial charge >= 0.3 is 6.18 Å². The fraction of sp³-hybridized carbons (Fsp3) is 0.273. The Hall–Kier alpha value is -3.18. The topological polar surface area (TPSA) is 84.3 Å². The lowest BCUT2D eigenvalue weighted by Crippen LogP contribution is -2.27. The van der Waals surface area contributed by atoms with E-state index in [4.69, 9.17) is 0 Å². The van der Waals surface area contributed by atoms with Crippen LogP contribution in [0.15, 0.2) is 65.7 Å². The summed E-state index contributed by atoms with van der Waals surface area (Å²) in [5, 5.41) is 6.13. The van der Waals surface area contributed by atoms with Crippen LogP contribution in [0.25, 0.3) is 5.69 Å². The minimum atomic E-state index is -4.83. The maximum atomic E-state index is 13.8. The lowest BCUT2D eigenvalue weighted by molar-refractivity contribution is -0.143. The highest BCUT2D eigenvalue weighted by molar-refractivity contribution is 7.89. The van der Waals surface area contributed by atoms with Gasteiger partial charge in [-0.1, -0.05) is 31.5 Å². The van der Waals surface area contributed by atoms with Crippen molar-refractivity contribution in [3.05, 3.63) is 72.1 Å². The van der Waals surface area contributed by atoms with E-state index in [1.165, 1.54) is 47.8 Å². The number of unbranched alkanes of at least 4 members (excludes halogenated alkanes) is 1. The summed E-state index contributed by atoms with van der Waals surface area (Å²) in [6.45, 7) is 2.31. The molecule has 0 aliphatic carbocycles. The molecule has 1 N–H and O–H groups in total. The van der Waals surface area contributed by atoms with Crippen molar-refractivity contribution in [2.24, 2.45) is 0 Å². The Balaban J connectivity index is 1.84. The Kier molecular flexibility index (Phi) is 7.23. The standard InChI is InChI=1S/C22H23F3N4O3S/c1-3-4-14-28(2)33(31,32)18-12-10-16(11-13-18)27-21(30)19-15-26-29(20(19)22(23,24)25)17-8-6-5-7-9-17/h5-13,15H,3-4,14H2,1-2H3,(H,27,30). The van der Waals surface area contributed by atoms with Gasteiger partial charge in [-0.05, 0) is 42.8 Å². The fourth-order valence-electron chi connectivity index (χ4n) is 3.14. The summed E-state index contributed by atoms with van der Waals surface area (Å²) in [6, 6.07) is 12.9. The zero-order valence-corrected chi connectivity index (χ0v) is 18.8. The van der Waals surface area contributed by atoms with E-state index in [0.717, 1.165) is 12.6 Å². The highest BCUT2D eigenvalue weighted by Gasteiger charge is 2.40. The predicted molar refractivity (Wildman–Crippen MR) is 118 cm³/mol. The molecule has 0 unspecified atom stereocenters. The van der Waals surface area contributed by atoms with Crippen LogP contribution in [0.2, 0.25) is 0 Å². The van der Waals surface area contributed by atoms with Crippen LogP contribution in [-0.4, -0.2) is 42.0 Å². The van der Waals surface area contributed by atoms with Crippen LogP contribution in [0.5, 0.6) is 0 Å². The van der Waals surface area contributed by atoms with Crippen molar-refractivity contribution in [1.29, 1.82) is 0 Å². The number of carbonyl (C=O) groups excluding carboxylic acids is 1. The average molecular weight is 481 g/mol. The number of alkyl halides is 3. The molecule has 0 saturated heterocycles. The molecule has 0 aliphatic heterocycles. The van der Waals surface area contributed by atoms with Gasteiger partial charge < -0.3 is 5.32 Å². The van der Waals surface area contributed by atoms with E-state index in [0.29, 0.717) is 17.6 Å². The molecule has 1 heterocycles. The Morgan fingerprint density at radius 3 is 2.30 bits per heavy atom. The van der Waals surface area contributed by atoms with Crippen molar-refractivity contribution in [1.82, 2.24) is 14.1 Å². The molecule has 7 nitrogen and oxygen atoms in total. The summed E-state index contributed by atoms with van der Waals surface area (Å²) in [5.41, 5.74) is -1.55. The van der Waals surface area contributed by atoms with E-state index in [1.54, 1.807) is 18.2 Å². The van der Waals surface area contributed by atoms with Gasteiger partial charge in [0.1, 0.15) is 0 Å². The van der Waals surface area contributed by atoms with E-state index >= 15 is 0 Å². The van der Waals surface area contributed by atoms with Gasteiger partial charge in [0.25, 0.3) is 5.91 Å². The highest BCUT2D eigenvalue weighted by atomic mass is 32.2. The molecule has 1 amide bonds. The number of amides is 1. The number of aromatic nitrogens is 2. The molecule has 0 fully saturated rings.